The normalized spacial score (nSPS) is 10.8. The number of benzene rings is 2. The lowest BCUT2D eigenvalue weighted by molar-refractivity contribution is -0.384. The number of aromatic nitrogens is 3. The van der Waals surface area contributed by atoms with E-state index in [0.29, 0.717) is 29.9 Å². The van der Waals surface area contributed by atoms with Gasteiger partial charge in [0.15, 0.2) is 0 Å². The van der Waals surface area contributed by atoms with E-state index in [2.05, 4.69) is 16.2 Å². The summed E-state index contributed by atoms with van der Waals surface area (Å²) in [6.07, 6.45) is 3.74. The Morgan fingerprint density at radius 1 is 1.25 bits per heavy atom. The predicted octanol–water partition coefficient (Wildman–Crippen LogP) is 4.13. The van der Waals surface area contributed by atoms with Gasteiger partial charge in [0.05, 0.1) is 29.5 Å². The van der Waals surface area contributed by atoms with E-state index in [1.165, 1.54) is 12.1 Å². The largest absolute Gasteiger partial charge is 0.361 e. The fraction of sp³-hybridized carbons (Fsp3) is 0.174. The van der Waals surface area contributed by atoms with Crippen molar-refractivity contribution in [3.05, 3.63) is 82.2 Å². The first kappa shape index (κ1) is 20.8. The summed E-state index contributed by atoms with van der Waals surface area (Å²) >= 11 is 0. The van der Waals surface area contributed by atoms with Crippen LogP contribution >= 0.6 is 0 Å². The Morgan fingerprint density at radius 3 is 2.75 bits per heavy atom. The predicted molar refractivity (Wildman–Crippen MR) is 119 cm³/mol. The molecule has 2 aromatic carbocycles. The zero-order chi connectivity index (χ0) is 22.7. The maximum atomic E-state index is 13.4. The van der Waals surface area contributed by atoms with Crippen molar-refractivity contribution in [3.63, 3.8) is 0 Å². The molecule has 0 aliphatic heterocycles. The molecule has 32 heavy (non-hydrogen) atoms. The van der Waals surface area contributed by atoms with Crippen molar-refractivity contribution in [2.75, 3.05) is 7.05 Å². The molecule has 9 heteroatoms. The van der Waals surface area contributed by atoms with Gasteiger partial charge in [0.2, 0.25) is 0 Å². The first-order valence-corrected chi connectivity index (χ1v) is 9.97. The summed E-state index contributed by atoms with van der Waals surface area (Å²) in [6, 6.07) is 15.9. The second kappa shape index (κ2) is 8.73. The van der Waals surface area contributed by atoms with E-state index < -0.39 is 4.92 Å². The third-order valence-electron chi connectivity index (χ3n) is 5.24. The number of rotatable bonds is 7. The molecule has 0 aliphatic rings. The number of aromatic amines is 1. The van der Waals surface area contributed by atoms with Gasteiger partial charge in [0.25, 0.3) is 11.6 Å². The SMILES string of the molecule is CN(Cc1cccc2[nH]ccc12)C(=O)c1cn(CCC#N)nc1-c1ccc([N+](=O)[O-])cc1. The Bertz CT molecular complexity index is 1330. The molecule has 4 aromatic rings. The van der Waals surface area contributed by atoms with Gasteiger partial charge in [-0.05, 0) is 29.8 Å². The Morgan fingerprint density at radius 2 is 2.03 bits per heavy atom. The highest BCUT2D eigenvalue weighted by molar-refractivity contribution is 6.00. The third-order valence-corrected chi connectivity index (χ3v) is 5.24. The summed E-state index contributed by atoms with van der Waals surface area (Å²) in [5, 5.41) is 25.4. The van der Waals surface area contributed by atoms with Crippen molar-refractivity contribution >= 4 is 22.5 Å². The molecule has 0 fully saturated rings. The van der Waals surface area contributed by atoms with Crippen molar-refractivity contribution in [3.8, 4) is 17.3 Å². The van der Waals surface area contributed by atoms with Crippen molar-refractivity contribution in [1.82, 2.24) is 19.7 Å². The van der Waals surface area contributed by atoms with Crippen LogP contribution in [0.25, 0.3) is 22.2 Å². The highest BCUT2D eigenvalue weighted by atomic mass is 16.6. The Kier molecular flexibility index (Phi) is 5.68. The summed E-state index contributed by atoms with van der Waals surface area (Å²) in [5.41, 5.74) is 3.36. The maximum Gasteiger partial charge on any atom is 0.269 e. The van der Waals surface area contributed by atoms with Gasteiger partial charge in [0, 0.05) is 54.6 Å². The van der Waals surface area contributed by atoms with E-state index in [1.807, 2.05) is 30.5 Å². The summed E-state index contributed by atoms with van der Waals surface area (Å²) in [4.78, 5) is 28.7. The molecule has 0 radical (unpaired) electrons. The lowest BCUT2D eigenvalue weighted by Gasteiger charge is -2.18. The lowest BCUT2D eigenvalue weighted by Crippen LogP contribution is -2.26. The van der Waals surface area contributed by atoms with E-state index in [0.717, 1.165) is 16.5 Å². The molecule has 2 aromatic heterocycles. The molecule has 9 nitrogen and oxygen atoms in total. The average molecular weight is 428 g/mol. The number of nitrogens with zero attached hydrogens (tertiary/aromatic N) is 5. The molecule has 1 amide bonds. The Balaban J connectivity index is 1.66. The molecule has 4 rings (SSSR count). The molecule has 0 aliphatic carbocycles. The van der Waals surface area contributed by atoms with Gasteiger partial charge in [-0.15, -0.1) is 0 Å². The number of nitro groups is 1. The summed E-state index contributed by atoms with van der Waals surface area (Å²) in [6.45, 7) is 0.743. The van der Waals surface area contributed by atoms with Crippen LogP contribution in [0.3, 0.4) is 0 Å². The first-order valence-electron chi connectivity index (χ1n) is 9.97. The quantitative estimate of drug-likeness (QED) is 0.350. The van der Waals surface area contributed by atoms with Crippen molar-refractivity contribution < 1.29 is 9.72 Å². The number of amides is 1. The number of carbonyl (C=O) groups excluding carboxylic acids is 1. The van der Waals surface area contributed by atoms with Gasteiger partial charge >= 0.3 is 0 Å². The lowest BCUT2D eigenvalue weighted by atomic mass is 10.1. The molecule has 1 N–H and O–H groups in total. The number of non-ortho nitro benzene ring substituents is 1. The molecule has 0 spiro atoms. The summed E-state index contributed by atoms with van der Waals surface area (Å²) in [5.74, 6) is -0.228. The van der Waals surface area contributed by atoms with Crippen LogP contribution in [0.2, 0.25) is 0 Å². The molecule has 0 unspecified atom stereocenters. The second-order valence-electron chi connectivity index (χ2n) is 7.38. The number of hydrogen-bond acceptors (Lipinski definition) is 5. The van der Waals surface area contributed by atoms with Crippen LogP contribution in [-0.4, -0.2) is 37.5 Å². The molecule has 0 saturated heterocycles. The first-order chi connectivity index (χ1) is 15.5. The second-order valence-corrected chi connectivity index (χ2v) is 7.38. The number of aryl methyl sites for hydroxylation is 1. The van der Waals surface area contributed by atoms with Crippen LogP contribution < -0.4 is 0 Å². The molecule has 160 valence electrons. The van der Waals surface area contributed by atoms with E-state index in [-0.39, 0.29) is 18.0 Å². The van der Waals surface area contributed by atoms with Gasteiger partial charge < -0.3 is 9.88 Å². The van der Waals surface area contributed by atoms with Crippen LogP contribution in [0.15, 0.2) is 60.9 Å². The monoisotopic (exact) mass is 428 g/mol. The number of nitrogens with one attached hydrogen (secondary N) is 1. The topological polar surface area (TPSA) is 121 Å². The van der Waals surface area contributed by atoms with Gasteiger partial charge in [-0.25, -0.2) is 0 Å². The van der Waals surface area contributed by atoms with Crippen LogP contribution in [0.1, 0.15) is 22.3 Å². The molecular weight excluding hydrogens is 408 g/mol. The molecule has 0 atom stereocenters. The van der Waals surface area contributed by atoms with Crippen LogP contribution in [0.5, 0.6) is 0 Å². The minimum atomic E-state index is -0.475. The van der Waals surface area contributed by atoms with Crippen molar-refractivity contribution in [1.29, 1.82) is 5.26 Å². The van der Waals surface area contributed by atoms with Gasteiger partial charge in [0.1, 0.15) is 5.69 Å². The van der Waals surface area contributed by atoms with E-state index >= 15 is 0 Å². The van der Waals surface area contributed by atoms with E-state index in [1.54, 1.807) is 35.0 Å². The van der Waals surface area contributed by atoms with Crippen LogP contribution in [0.4, 0.5) is 5.69 Å². The third kappa shape index (κ3) is 4.06. The van der Waals surface area contributed by atoms with Crippen LogP contribution in [0, 0.1) is 21.4 Å². The standard InChI is InChI=1S/C23H20N6O3/c1-27(14-17-4-2-5-21-19(17)10-12-25-21)23(30)20-15-28(13-3-11-24)26-22(20)16-6-8-18(9-7-16)29(31)32/h2,4-10,12,15,25H,3,13-14H2,1H3. The van der Waals surface area contributed by atoms with Crippen molar-refractivity contribution in [2.45, 2.75) is 19.5 Å². The summed E-state index contributed by atoms with van der Waals surface area (Å²) < 4.78 is 1.56. The Labute approximate surface area is 183 Å². The van der Waals surface area contributed by atoms with Gasteiger partial charge in [-0.2, -0.15) is 10.4 Å². The maximum absolute atomic E-state index is 13.4. The number of nitriles is 1. The number of fused-ring (bicyclic) bond motifs is 1. The smallest absolute Gasteiger partial charge is 0.269 e. The zero-order valence-electron chi connectivity index (χ0n) is 17.4. The molecule has 0 bridgehead atoms. The fourth-order valence-corrected chi connectivity index (χ4v) is 3.63. The van der Waals surface area contributed by atoms with Crippen LogP contribution in [-0.2, 0) is 13.1 Å². The summed E-state index contributed by atoms with van der Waals surface area (Å²) in [7, 11) is 1.72. The molecule has 2 heterocycles. The molecule has 0 saturated carbocycles. The Hall–Kier alpha value is -4.45. The molecular formula is C23H20N6O3. The zero-order valence-corrected chi connectivity index (χ0v) is 17.4. The number of carbonyl (C=O) groups is 1. The van der Waals surface area contributed by atoms with E-state index in [4.69, 9.17) is 5.26 Å². The fourth-order valence-electron chi connectivity index (χ4n) is 3.63. The number of H-pyrrole nitrogens is 1. The highest BCUT2D eigenvalue weighted by Crippen LogP contribution is 2.26. The average Bonchev–Trinajstić information content (AvgIpc) is 3.45. The van der Waals surface area contributed by atoms with E-state index in [9.17, 15) is 14.9 Å². The number of hydrogen-bond donors (Lipinski definition) is 1. The highest BCUT2D eigenvalue weighted by Gasteiger charge is 2.22. The minimum absolute atomic E-state index is 0.0396. The van der Waals surface area contributed by atoms with Gasteiger partial charge in [-0.1, -0.05) is 12.1 Å². The van der Waals surface area contributed by atoms with Crippen molar-refractivity contribution in [2.24, 2.45) is 0 Å². The minimum Gasteiger partial charge on any atom is -0.361 e. The van der Waals surface area contributed by atoms with Gasteiger partial charge in [-0.3, -0.25) is 19.6 Å². The number of nitro benzene ring substituents is 1.